The molecule has 1 aromatic carbocycles. The summed E-state index contributed by atoms with van der Waals surface area (Å²) in [5, 5.41) is 9.51. The molecule has 82 valence electrons. The second-order valence-electron chi connectivity index (χ2n) is 3.30. The van der Waals surface area contributed by atoms with Crippen LogP contribution in [-0.2, 0) is 6.42 Å². The van der Waals surface area contributed by atoms with Crippen LogP contribution >= 0.6 is 0 Å². The minimum atomic E-state index is -0.328. The van der Waals surface area contributed by atoms with Crippen LogP contribution in [0.1, 0.15) is 23.0 Å². The lowest BCUT2D eigenvalue weighted by Gasteiger charge is -2.03. The summed E-state index contributed by atoms with van der Waals surface area (Å²) in [6.45, 7) is 2.08. The first kappa shape index (κ1) is 10.4. The number of anilines is 1. The third-order valence-corrected chi connectivity index (χ3v) is 2.21. The number of amides is 1. The lowest BCUT2D eigenvalue weighted by Crippen LogP contribution is -2.12. The molecule has 0 unspecified atom stereocenters. The second-order valence-corrected chi connectivity index (χ2v) is 3.30. The lowest BCUT2D eigenvalue weighted by atomic mass is 10.1. The number of nitrogens with one attached hydrogen (secondary N) is 1. The summed E-state index contributed by atoms with van der Waals surface area (Å²) in [6, 6.07) is 7.64. The molecule has 2 rings (SSSR count). The fourth-order valence-electron chi connectivity index (χ4n) is 1.28. The van der Waals surface area contributed by atoms with E-state index < -0.39 is 0 Å². The highest BCUT2D eigenvalue weighted by Crippen LogP contribution is 2.10. The third-order valence-electron chi connectivity index (χ3n) is 2.21. The molecule has 1 amide bonds. The molecular weight excluding hydrogens is 206 g/mol. The van der Waals surface area contributed by atoms with Gasteiger partial charge in [-0.3, -0.25) is 4.79 Å². The standard InChI is InChI=1S/C11H11N3O2/c1-2-8-3-5-9(6-4-8)13-11(15)10-7-12-16-14-10/h3-7H,2H2,1H3,(H,13,15). The molecule has 0 fully saturated rings. The van der Waals surface area contributed by atoms with Gasteiger partial charge in [-0.25, -0.2) is 4.63 Å². The van der Waals surface area contributed by atoms with Gasteiger partial charge in [-0.05, 0) is 29.3 Å². The van der Waals surface area contributed by atoms with Crippen molar-refractivity contribution in [2.75, 3.05) is 5.32 Å². The zero-order chi connectivity index (χ0) is 11.4. The highest BCUT2D eigenvalue weighted by molar-refractivity contribution is 6.02. The second kappa shape index (κ2) is 4.57. The molecule has 0 spiro atoms. The number of benzene rings is 1. The van der Waals surface area contributed by atoms with Crippen LogP contribution in [0, 0.1) is 0 Å². The Morgan fingerprint density at radius 1 is 1.38 bits per heavy atom. The number of hydrogen-bond donors (Lipinski definition) is 1. The summed E-state index contributed by atoms with van der Waals surface area (Å²) in [6.07, 6.45) is 2.25. The van der Waals surface area contributed by atoms with Crippen LogP contribution < -0.4 is 5.32 Å². The molecule has 0 saturated carbocycles. The Morgan fingerprint density at radius 2 is 2.12 bits per heavy atom. The van der Waals surface area contributed by atoms with Crippen molar-refractivity contribution in [3.63, 3.8) is 0 Å². The van der Waals surface area contributed by atoms with E-state index in [9.17, 15) is 4.79 Å². The molecule has 0 aliphatic heterocycles. The smallest absolute Gasteiger partial charge is 0.279 e. The number of nitrogens with zero attached hydrogens (tertiary/aromatic N) is 2. The van der Waals surface area contributed by atoms with Gasteiger partial charge in [-0.15, -0.1) is 0 Å². The summed E-state index contributed by atoms with van der Waals surface area (Å²) in [5.74, 6) is -0.328. The van der Waals surface area contributed by atoms with E-state index in [0.29, 0.717) is 0 Å². The molecule has 0 bridgehead atoms. The van der Waals surface area contributed by atoms with Crippen molar-refractivity contribution in [2.24, 2.45) is 0 Å². The minimum Gasteiger partial charge on any atom is -0.320 e. The average molecular weight is 217 g/mol. The molecule has 2 aromatic rings. The predicted octanol–water partition coefficient (Wildman–Crippen LogP) is 1.88. The van der Waals surface area contributed by atoms with Crippen LogP contribution in [0.3, 0.4) is 0 Å². The zero-order valence-electron chi connectivity index (χ0n) is 8.80. The minimum absolute atomic E-state index is 0.166. The van der Waals surface area contributed by atoms with Crippen LogP contribution in [0.4, 0.5) is 5.69 Å². The van der Waals surface area contributed by atoms with Gasteiger partial charge in [0, 0.05) is 5.69 Å². The normalized spacial score (nSPS) is 10.1. The van der Waals surface area contributed by atoms with Crippen molar-refractivity contribution in [2.45, 2.75) is 13.3 Å². The third kappa shape index (κ3) is 2.25. The van der Waals surface area contributed by atoms with Gasteiger partial charge in [-0.2, -0.15) is 0 Å². The predicted molar refractivity (Wildman–Crippen MR) is 58.1 cm³/mol. The Bertz CT molecular complexity index is 462. The van der Waals surface area contributed by atoms with Gasteiger partial charge >= 0.3 is 0 Å². The molecular formula is C11H11N3O2. The monoisotopic (exact) mass is 217 g/mol. The van der Waals surface area contributed by atoms with Gasteiger partial charge < -0.3 is 5.32 Å². The number of aromatic nitrogens is 2. The van der Waals surface area contributed by atoms with Gasteiger partial charge in [0.1, 0.15) is 6.20 Å². The lowest BCUT2D eigenvalue weighted by molar-refractivity contribution is 0.101. The fraction of sp³-hybridized carbons (Fsp3) is 0.182. The number of aryl methyl sites for hydroxylation is 1. The molecule has 1 heterocycles. The quantitative estimate of drug-likeness (QED) is 0.852. The van der Waals surface area contributed by atoms with Crippen molar-refractivity contribution < 1.29 is 9.42 Å². The molecule has 0 saturated heterocycles. The highest BCUT2D eigenvalue weighted by Gasteiger charge is 2.09. The number of carbonyl (C=O) groups is 1. The summed E-state index contributed by atoms with van der Waals surface area (Å²) in [5.41, 5.74) is 2.12. The van der Waals surface area contributed by atoms with E-state index in [1.807, 2.05) is 24.3 Å². The van der Waals surface area contributed by atoms with Crippen molar-refractivity contribution in [1.29, 1.82) is 0 Å². The first-order chi connectivity index (χ1) is 7.79. The first-order valence-electron chi connectivity index (χ1n) is 4.97. The maximum absolute atomic E-state index is 11.6. The van der Waals surface area contributed by atoms with Crippen LogP contribution in [0.2, 0.25) is 0 Å². The first-order valence-corrected chi connectivity index (χ1v) is 4.97. The molecule has 0 aliphatic rings. The molecule has 0 atom stereocenters. The van der Waals surface area contributed by atoms with Crippen LogP contribution in [0.5, 0.6) is 0 Å². The van der Waals surface area contributed by atoms with E-state index in [2.05, 4.69) is 27.2 Å². The Labute approximate surface area is 92.4 Å². The van der Waals surface area contributed by atoms with E-state index in [4.69, 9.17) is 0 Å². The fourth-order valence-corrected chi connectivity index (χ4v) is 1.28. The largest absolute Gasteiger partial charge is 0.320 e. The van der Waals surface area contributed by atoms with Gasteiger partial charge in [-0.1, -0.05) is 24.2 Å². The molecule has 1 N–H and O–H groups in total. The summed E-state index contributed by atoms with van der Waals surface area (Å²) in [7, 11) is 0. The molecule has 5 nitrogen and oxygen atoms in total. The van der Waals surface area contributed by atoms with Crippen LogP contribution in [0.25, 0.3) is 0 Å². The topological polar surface area (TPSA) is 68.0 Å². The van der Waals surface area contributed by atoms with E-state index in [0.717, 1.165) is 12.1 Å². The summed E-state index contributed by atoms with van der Waals surface area (Å²) < 4.78 is 4.35. The van der Waals surface area contributed by atoms with Crippen LogP contribution in [0.15, 0.2) is 35.1 Å². The Morgan fingerprint density at radius 3 is 2.69 bits per heavy atom. The van der Waals surface area contributed by atoms with Gasteiger partial charge in [0.05, 0.1) is 0 Å². The Kier molecular flexibility index (Phi) is 2.95. The molecule has 1 aromatic heterocycles. The Balaban J connectivity index is 2.06. The summed E-state index contributed by atoms with van der Waals surface area (Å²) >= 11 is 0. The van der Waals surface area contributed by atoms with E-state index in [1.165, 1.54) is 11.8 Å². The van der Waals surface area contributed by atoms with Gasteiger partial charge in [0.15, 0.2) is 5.69 Å². The molecule has 5 heteroatoms. The number of hydrogen-bond acceptors (Lipinski definition) is 4. The number of carbonyl (C=O) groups excluding carboxylic acids is 1. The van der Waals surface area contributed by atoms with Crippen molar-refractivity contribution in [1.82, 2.24) is 10.3 Å². The van der Waals surface area contributed by atoms with Crippen molar-refractivity contribution in [3.05, 3.63) is 41.7 Å². The molecule has 0 aliphatic carbocycles. The van der Waals surface area contributed by atoms with Gasteiger partial charge in [0.2, 0.25) is 0 Å². The number of rotatable bonds is 3. The van der Waals surface area contributed by atoms with E-state index in [-0.39, 0.29) is 11.6 Å². The van der Waals surface area contributed by atoms with E-state index >= 15 is 0 Å². The highest BCUT2D eigenvalue weighted by atomic mass is 16.6. The Hall–Kier alpha value is -2.17. The molecule has 0 radical (unpaired) electrons. The maximum atomic E-state index is 11.6. The zero-order valence-corrected chi connectivity index (χ0v) is 8.80. The van der Waals surface area contributed by atoms with Gasteiger partial charge in [0.25, 0.3) is 5.91 Å². The van der Waals surface area contributed by atoms with Crippen LogP contribution in [-0.4, -0.2) is 16.2 Å². The van der Waals surface area contributed by atoms with Crippen molar-refractivity contribution in [3.8, 4) is 0 Å². The maximum Gasteiger partial charge on any atom is 0.279 e. The molecule has 16 heavy (non-hydrogen) atoms. The average Bonchev–Trinajstić information content (AvgIpc) is 2.83. The SMILES string of the molecule is CCc1ccc(NC(=O)c2cnon2)cc1. The summed E-state index contributed by atoms with van der Waals surface area (Å²) in [4.78, 5) is 11.6. The van der Waals surface area contributed by atoms with E-state index in [1.54, 1.807) is 0 Å². The van der Waals surface area contributed by atoms with Crippen molar-refractivity contribution >= 4 is 11.6 Å².